The van der Waals surface area contributed by atoms with Gasteiger partial charge in [0.15, 0.2) is 11.6 Å². The second-order valence-corrected chi connectivity index (χ2v) is 5.52. The molecule has 0 atom stereocenters. The summed E-state index contributed by atoms with van der Waals surface area (Å²) in [6.45, 7) is 4.28. The van der Waals surface area contributed by atoms with E-state index in [1.54, 1.807) is 24.5 Å². The lowest BCUT2D eigenvalue weighted by atomic mass is 10.3. The summed E-state index contributed by atoms with van der Waals surface area (Å²) >= 11 is 0. The van der Waals surface area contributed by atoms with Crippen LogP contribution in [0.4, 0.5) is 21.8 Å². The predicted molar refractivity (Wildman–Crippen MR) is 91.2 cm³/mol. The van der Waals surface area contributed by atoms with Crippen LogP contribution in [-0.2, 0) is 6.54 Å². The highest BCUT2D eigenvalue weighted by Gasteiger charge is 2.06. The highest BCUT2D eigenvalue weighted by molar-refractivity contribution is 5.53. The molecule has 25 heavy (non-hydrogen) atoms. The zero-order valence-corrected chi connectivity index (χ0v) is 13.8. The molecule has 130 valence electrons. The SMILES string of the molecule is CC(C)Oc1cc(Nc2cncc(NCc3ccc(F)cn3)n2)n[nH]1. The molecule has 0 amide bonds. The van der Waals surface area contributed by atoms with Crippen LogP contribution in [0.2, 0.25) is 0 Å². The maximum absolute atomic E-state index is 12.9. The summed E-state index contributed by atoms with van der Waals surface area (Å²) < 4.78 is 18.4. The number of hydrogen-bond acceptors (Lipinski definition) is 7. The lowest BCUT2D eigenvalue weighted by Gasteiger charge is -2.07. The predicted octanol–water partition coefficient (Wildman–Crippen LogP) is 2.88. The number of H-pyrrole nitrogens is 1. The van der Waals surface area contributed by atoms with E-state index in [1.807, 2.05) is 13.8 Å². The van der Waals surface area contributed by atoms with Crippen molar-refractivity contribution in [2.75, 3.05) is 10.6 Å². The molecule has 0 unspecified atom stereocenters. The molecule has 0 bridgehead atoms. The topological polar surface area (TPSA) is 101 Å². The molecule has 9 heteroatoms. The number of aromatic amines is 1. The van der Waals surface area contributed by atoms with Crippen LogP contribution in [0.25, 0.3) is 0 Å². The quantitative estimate of drug-likeness (QED) is 0.606. The van der Waals surface area contributed by atoms with E-state index in [-0.39, 0.29) is 11.9 Å². The first kappa shape index (κ1) is 16.6. The molecule has 0 aliphatic rings. The molecule has 0 radical (unpaired) electrons. The van der Waals surface area contributed by atoms with Crippen LogP contribution in [0.1, 0.15) is 19.5 Å². The summed E-state index contributed by atoms with van der Waals surface area (Å²) in [4.78, 5) is 12.5. The summed E-state index contributed by atoms with van der Waals surface area (Å²) in [7, 11) is 0. The fourth-order valence-corrected chi connectivity index (χ4v) is 2.02. The molecule has 3 rings (SSSR count). The van der Waals surface area contributed by atoms with E-state index in [2.05, 4.69) is 35.8 Å². The molecule has 3 aromatic heterocycles. The number of ether oxygens (including phenoxy) is 1. The highest BCUT2D eigenvalue weighted by Crippen LogP contribution is 2.18. The van der Waals surface area contributed by atoms with Crippen molar-refractivity contribution in [1.29, 1.82) is 0 Å². The Morgan fingerprint density at radius 2 is 2.00 bits per heavy atom. The summed E-state index contributed by atoms with van der Waals surface area (Å²) in [6.07, 6.45) is 4.40. The number of rotatable bonds is 7. The summed E-state index contributed by atoms with van der Waals surface area (Å²) in [5.41, 5.74) is 0.698. The van der Waals surface area contributed by atoms with Crippen LogP contribution in [0.3, 0.4) is 0 Å². The van der Waals surface area contributed by atoms with Crippen molar-refractivity contribution in [2.45, 2.75) is 26.5 Å². The van der Waals surface area contributed by atoms with Gasteiger partial charge in [-0.3, -0.25) is 9.97 Å². The van der Waals surface area contributed by atoms with Crippen molar-refractivity contribution >= 4 is 17.5 Å². The Morgan fingerprint density at radius 3 is 2.76 bits per heavy atom. The van der Waals surface area contributed by atoms with Crippen molar-refractivity contribution in [3.8, 4) is 5.88 Å². The fourth-order valence-electron chi connectivity index (χ4n) is 2.02. The van der Waals surface area contributed by atoms with Gasteiger partial charge in [0.2, 0.25) is 5.88 Å². The molecule has 3 heterocycles. The van der Waals surface area contributed by atoms with Gasteiger partial charge in [0.1, 0.15) is 11.6 Å². The van der Waals surface area contributed by atoms with Crippen molar-refractivity contribution in [1.82, 2.24) is 25.1 Å². The van der Waals surface area contributed by atoms with E-state index in [4.69, 9.17) is 4.74 Å². The third kappa shape index (κ3) is 4.87. The van der Waals surface area contributed by atoms with E-state index >= 15 is 0 Å². The molecule has 3 N–H and O–H groups in total. The minimum absolute atomic E-state index is 0.0562. The summed E-state index contributed by atoms with van der Waals surface area (Å²) in [5, 5.41) is 13.0. The molecule has 3 aromatic rings. The zero-order chi connectivity index (χ0) is 17.6. The van der Waals surface area contributed by atoms with Gasteiger partial charge in [-0.2, -0.15) is 5.10 Å². The van der Waals surface area contributed by atoms with Gasteiger partial charge >= 0.3 is 0 Å². The number of hydrogen-bond donors (Lipinski definition) is 3. The van der Waals surface area contributed by atoms with Crippen LogP contribution in [0.5, 0.6) is 5.88 Å². The van der Waals surface area contributed by atoms with Crippen molar-refractivity contribution in [2.24, 2.45) is 0 Å². The summed E-state index contributed by atoms with van der Waals surface area (Å²) in [5.74, 6) is 1.86. The summed E-state index contributed by atoms with van der Waals surface area (Å²) in [6, 6.07) is 4.71. The van der Waals surface area contributed by atoms with Gasteiger partial charge in [-0.1, -0.05) is 0 Å². The molecule has 0 aliphatic carbocycles. The Kier molecular flexibility index (Phi) is 5.03. The van der Waals surface area contributed by atoms with Crippen LogP contribution in [0.15, 0.2) is 36.8 Å². The molecule has 0 aromatic carbocycles. The van der Waals surface area contributed by atoms with Gasteiger partial charge in [-0.25, -0.2) is 14.5 Å². The maximum Gasteiger partial charge on any atom is 0.211 e. The Hall–Kier alpha value is -3.23. The van der Waals surface area contributed by atoms with E-state index in [0.717, 1.165) is 0 Å². The third-order valence-electron chi connectivity index (χ3n) is 3.05. The highest BCUT2D eigenvalue weighted by atomic mass is 19.1. The molecule has 0 spiro atoms. The minimum Gasteiger partial charge on any atom is -0.475 e. The first-order valence-electron chi connectivity index (χ1n) is 7.74. The average molecular weight is 343 g/mol. The van der Waals surface area contributed by atoms with Gasteiger partial charge in [0.25, 0.3) is 0 Å². The monoisotopic (exact) mass is 343 g/mol. The molecular formula is C16H18FN7O. The minimum atomic E-state index is -0.366. The number of halogens is 1. The van der Waals surface area contributed by atoms with Crippen LogP contribution in [-0.4, -0.2) is 31.3 Å². The lowest BCUT2D eigenvalue weighted by Crippen LogP contribution is -2.05. The standard InChI is InChI=1S/C16H18FN7O/c1-10(2)25-16-5-13(23-24-16)21-15-9-18-8-14(22-15)20-7-12-4-3-11(17)6-19-12/h3-6,8-10H,7H2,1-2H3,(H3,20,21,22,23,24). The largest absolute Gasteiger partial charge is 0.475 e. The number of nitrogens with zero attached hydrogens (tertiary/aromatic N) is 4. The third-order valence-corrected chi connectivity index (χ3v) is 3.05. The molecule has 8 nitrogen and oxygen atoms in total. The van der Waals surface area contributed by atoms with E-state index < -0.39 is 0 Å². The second kappa shape index (κ2) is 7.56. The molecule has 0 fully saturated rings. The maximum atomic E-state index is 12.9. The van der Waals surface area contributed by atoms with E-state index in [9.17, 15) is 4.39 Å². The molecule has 0 saturated heterocycles. The Balaban J connectivity index is 1.61. The lowest BCUT2D eigenvalue weighted by molar-refractivity contribution is 0.232. The Bertz CT molecular complexity index is 819. The fraction of sp³-hybridized carbons (Fsp3) is 0.250. The van der Waals surface area contributed by atoms with E-state index in [0.29, 0.717) is 35.6 Å². The van der Waals surface area contributed by atoms with Gasteiger partial charge in [-0.05, 0) is 26.0 Å². The Morgan fingerprint density at radius 1 is 1.16 bits per heavy atom. The van der Waals surface area contributed by atoms with Crippen molar-refractivity contribution < 1.29 is 9.13 Å². The van der Waals surface area contributed by atoms with Crippen molar-refractivity contribution in [3.63, 3.8) is 0 Å². The smallest absolute Gasteiger partial charge is 0.211 e. The van der Waals surface area contributed by atoms with Crippen LogP contribution in [0, 0.1) is 5.82 Å². The number of pyridine rings is 1. The molecular weight excluding hydrogens is 325 g/mol. The average Bonchev–Trinajstić information content (AvgIpc) is 3.01. The normalized spacial score (nSPS) is 10.7. The first-order chi connectivity index (χ1) is 12.1. The number of anilines is 3. The number of nitrogens with one attached hydrogen (secondary N) is 3. The van der Waals surface area contributed by atoms with Gasteiger partial charge in [0.05, 0.1) is 36.9 Å². The van der Waals surface area contributed by atoms with Gasteiger partial charge < -0.3 is 15.4 Å². The molecule has 0 saturated carbocycles. The Labute approximate surface area is 143 Å². The van der Waals surface area contributed by atoms with Crippen LogP contribution >= 0.6 is 0 Å². The van der Waals surface area contributed by atoms with Gasteiger partial charge in [0, 0.05) is 6.07 Å². The number of aromatic nitrogens is 5. The van der Waals surface area contributed by atoms with Crippen molar-refractivity contribution in [3.05, 3.63) is 48.3 Å². The molecule has 0 aliphatic heterocycles. The zero-order valence-electron chi connectivity index (χ0n) is 13.8. The first-order valence-corrected chi connectivity index (χ1v) is 7.74. The second-order valence-electron chi connectivity index (χ2n) is 5.52. The van der Waals surface area contributed by atoms with Crippen LogP contribution < -0.4 is 15.4 Å². The van der Waals surface area contributed by atoms with Gasteiger partial charge in [-0.15, -0.1) is 0 Å². The van der Waals surface area contributed by atoms with E-state index in [1.165, 1.54) is 12.3 Å².